The van der Waals surface area contributed by atoms with Gasteiger partial charge in [0.25, 0.3) is 0 Å². The predicted octanol–water partition coefficient (Wildman–Crippen LogP) is 12.0. The first kappa shape index (κ1) is 27.1. The number of rotatable bonds is 3. The quantitative estimate of drug-likeness (QED) is 0.180. The molecule has 0 saturated carbocycles. The lowest BCUT2D eigenvalue weighted by molar-refractivity contribution is 0.669. The number of furan rings is 1. The van der Waals surface area contributed by atoms with Crippen LogP contribution in [-0.4, -0.2) is 15.0 Å². The normalized spacial score (nSPS) is 12.4. The second-order valence-electron chi connectivity index (χ2n) is 12.8. The molecule has 0 saturated heterocycles. The van der Waals surface area contributed by atoms with Crippen molar-refractivity contribution in [2.75, 3.05) is 4.90 Å². The number of nitrogens with zero attached hydrogens (tertiary/aromatic N) is 4. The molecule has 11 rings (SSSR count). The SMILES string of the molecule is c1ccc2c(c1)-c1cccc3cccc(c13)N2c1nc(-c2cc3ccccc3c3ccccc23)nc(-c2cccc3c2oc2ccccc23)n1. The minimum absolute atomic E-state index is 0.546. The Morgan fingerprint density at radius 3 is 1.90 bits per heavy atom. The van der Waals surface area contributed by atoms with Gasteiger partial charge in [0.05, 0.1) is 16.9 Å². The first-order chi connectivity index (χ1) is 24.8. The first-order valence-corrected chi connectivity index (χ1v) is 16.8. The average molecular weight is 639 g/mol. The Bertz CT molecular complexity index is 3010. The zero-order valence-electron chi connectivity index (χ0n) is 26.7. The van der Waals surface area contributed by atoms with Crippen LogP contribution in [-0.2, 0) is 0 Å². The summed E-state index contributed by atoms with van der Waals surface area (Å²) in [5, 5.41) is 9.00. The summed E-state index contributed by atoms with van der Waals surface area (Å²) >= 11 is 0. The number of hydrogen-bond acceptors (Lipinski definition) is 5. The van der Waals surface area contributed by atoms with Gasteiger partial charge in [-0.1, -0.05) is 127 Å². The Morgan fingerprint density at radius 1 is 0.400 bits per heavy atom. The largest absolute Gasteiger partial charge is 0.455 e. The monoisotopic (exact) mass is 638 g/mol. The molecule has 0 amide bonds. The maximum atomic E-state index is 6.53. The Kier molecular flexibility index (Phi) is 5.60. The van der Waals surface area contributed by atoms with Crippen LogP contribution < -0.4 is 4.90 Å². The van der Waals surface area contributed by atoms with Crippen molar-refractivity contribution in [3.63, 3.8) is 0 Å². The van der Waals surface area contributed by atoms with E-state index >= 15 is 0 Å². The molecular weight excluding hydrogens is 613 g/mol. The molecule has 0 radical (unpaired) electrons. The molecule has 0 N–H and O–H groups in total. The Morgan fingerprint density at radius 2 is 1.00 bits per heavy atom. The molecular formula is C45H26N4O. The number of aromatic nitrogens is 3. The van der Waals surface area contributed by atoms with E-state index in [4.69, 9.17) is 19.4 Å². The third kappa shape index (κ3) is 3.86. The van der Waals surface area contributed by atoms with Crippen LogP contribution in [0, 0.1) is 0 Å². The number of para-hydroxylation sites is 3. The van der Waals surface area contributed by atoms with Crippen molar-refractivity contribution in [2.45, 2.75) is 0 Å². The number of anilines is 3. The van der Waals surface area contributed by atoms with Crippen molar-refractivity contribution >= 4 is 71.6 Å². The van der Waals surface area contributed by atoms with E-state index in [1.165, 1.54) is 21.7 Å². The van der Waals surface area contributed by atoms with Gasteiger partial charge in [0.15, 0.2) is 11.6 Å². The lowest BCUT2D eigenvalue weighted by Crippen LogP contribution is -2.18. The summed E-state index contributed by atoms with van der Waals surface area (Å²) in [5.74, 6) is 1.70. The Balaban J connectivity index is 1.25. The Labute approximate surface area is 286 Å². The van der Waals surface area contributed by atoms with Crippen LogP contribution in [0.25, 0.3) is 88.2 Å². The second-order valence-corrected chi connectivity index (χ2v) is 12.8. The van der Waals surface area contributed by atoms with Gasteiger partial charge in [0.1, 0.15) is 11.2 Å². The predicted molar refractivity (Wildman–Crippen MR) is 204 cm³/mol. The fraction of sp³-hybridized carbons (Fsp3) is 0. The molecule has 0 bridgehead atoms. The van der Waals surface area contributed by atoms with E-state index in [0.29, 0.717) is 17.6 Å². The molecule has 1 aliphatic heterocycles. The van der Waals surface area contributed by atoms with Gasteiger partial charge in [-0.25, -0.2) is 4.98 Å². The van der Waals surface area contributed by atoms with Crippen molar-refractivity contribution in [1.29, 1.82) is 0 Å². The van der Waals surface area contributed by atoms with Crippen LogP contribution in [0.1, 0.15) is 0 Å². The van der Waals surface area contributed by atoms with Crippen LogP contribution in [0.15, 0.2) is 162 Å². The summed E-state index contributed by atoms with van der Waals surface area (Å²) in [6.45, 7) is 0. The van der Waals surface area contributed by atoms with Crippen LogP contribution in [0.4, 0.5) is 17.3 Å². The first-order valence-electron chi connectivity index (χ1n) is 16.8. The molecule has 0 spiro atoms. The van der Waals surface area contributed by atoms with E-state index < -0.39 is 0 Å². The molecule has 232 valence electrons. The summed E-state index contributed by atoms with van der Waals surface area (Å²) in [6, 6.07) is 55.0. The molecule has 2 aromatic heterocycles. The standard InChI is InChI=1S/C45H26N4O/c1-2-15-29-28(12-1)26-37(31-17-4-3-16-30(29)31)44-46-43(36-22-11-21-35-33-19-6-8-25-40(33)50-42(35)36)47-45(48-44)49-38-23-7-5-18-32(38)34-20-9-13-27-14-10-24-39(49)41(27)34/h1-26H. The lowest BCUT2D eigenvalue weighted by atomic mass is 9.91. The van der Waals surface area contributed by atoms with Gasteiger partial charge in [-0.3, -0.25) is 4.90 Å². The molecule has 1 aliphatic rings. The maximum absolute atomic E-state index is 6.53. The number of hydrogen-bond donors (Lipinski definition) is 0. The summed E-state index contributed by atoms with van der Waals surface area (Å²) in [4.78, 5) is 18.2. The van der Waals surface area contributed by atoms with Crippen LogP contribution in [0.3, 0.4) is 0 Å². The molecule has 0 aliphatic carbocycles. The van der Waals surface area contributed by atoms with Crippen molar-refractivity contribution in [3.8, 4) is 33.9 Å². The minimum Gasteiger partial charge on any atom is -0.455 e. The highest BCUT2D eigenvalue weighted by Crippen LogP contribution is 2.50. The van der Waals surface area contributed by atoms with Gasteiger partial charge in [-0.2, -0.15) is 9.97 Å². The van der Waals surface area contributed by atoms with Gasteiger partial charge in [0, 0.05) is 27.3 Å². The van der Waals surface area contributed by atoms with Crippen LogP contribution in [0.5, 0.6) is 0 Å². The molecule has 8 aromatic carbocycles. The zero-order valence-corrected chi connectivity index (χ0v) is 26.7. The smallest absolute Gasteiger partial charge is 0.238 e. The highest BCUT2D eigenvalue weighted by molar-refractivity contribution is 6.15. The van der Waals surface area contributed by atoms with Crippen molar-refractivity contribution < 1.29 is 4.42 Å². The fourth-order valence-electron chi connectivity index (χ4n) is 7.84. The molecule has 0 unspecified atom stereocenters. The van der Waals surface area contributed by atoms with E-state index in [0.717, 1.165) is 66.2 Å². The highest BCUT2D eigenvalue weighted by Gasteiger charge is 2.29. The van der Waals surface area contributed by atoms with Gasteiger partial charge in [-0.15, -0.1) is 0 Å². The van der Waals surface area contributed by atoms with Gasteiger partial charge in [-0.05, 0) is 62.8 Å². The number of fused-ring (bicyclic) bond motifs is 8. The Hall–Kier alpha value is -6.85. The van der Waals surface area contributed by atoms with E-state index in [2.05, 4.69) is 138 Å². The van der Waals surface area contributed by atoms with Crippen LogP contribution >= 0.6 is 0 Å². The second kappa shape index (κ2) is 10.3. The summed E-state index contributed by atoms with van der Waals surface area (Å²) in [7, 11) is 0. The van der Waals surface area contributed by atoms with E-state index in [1.54, 1.807) is 0 Å². The zero-order chi connectivity index (χ0) is 32.8. The molecule has 0 atom stereocenters. The van der Waals surface area contributed by atoms with E-state index in [1.807, 2.05) is 24.3 Å². The highest BCUT2D eigenvalue weighted by atomic mass is 16.3. The van der Waals surface area contributed by atoms with Gasteiger partial charge in [0.2, 0.25) is 5.95 Å². The van der Waals surface area contributed by atoms with Gasteiger partial charge < -0.3 is 4.42 Å². The number of benzene rings is 8. The molecule has 5 nitrogen and oxygen atoms in total. The summed E-state index contributed by atoms with van der Waals surface area (Å²) < 4.78 is 6.53. The average Bonchev–Trinajstić information content (AvgIpc) is 3.57. The molecule has 10 aromatic rings. The molecule has 50 heavy (non-hydrogen) atoms. The van der Waals surface area contributed by atoms with E-state index in [9.17, 15) is 0 Å². The van der Waals surface area contributed by atoms with Crippen molar-refractivity contribution in [3.05, 3.63) is 158 Å². The topological polar surface area (TPSA) is 55.1 Å². The third-order valence-electron chi connectivity index (χ3n) is 10.0. The fourth-order valence-corrected chi connectivity index (χ4v) is 7.84. The lowest BCUT2D eigenvalue weighted by Gasteiger charge is -2.32. The molecule has 0 fully saturated rings. The van der Waals surface area contributed by atoms with Crippen molar-refractivity contribution in [2.24, 2.45) is 0 Å². The molecule has 5 heteroatoms. The maximum Gasteiger partial charge on any atom is 0.238 e. The van der Waals surface area contributed by atoms with Gasteiger partial charge >= 0.3 is 0 Å². The van der Waals surface area contributed by atoms with Crippen molar-refractivity contribution in [1.82, 2.24) is 15.0 Å². The minimum atomic E-state index is 0.546. The summed E-state index contributed by atoms with van der Waals surface area (Å²) in [5.41, 5.74) is 7.74. The molecule has 3 heterocycles. The third-order valence-corrected chi connectivity index (χ3v) is 10.0. The van der Waals surface area contributed by atoms with Crippen LogP contribution in [0.2, 0.25) is 0 Å². The van der Waals surface area contributed by atoms with E-state index in [-0.39, 0.29) is 0 Å². The summed E-state index contributed by atoms with van der Waals surface area (Å²) in [6.07, 6.45) is 0.